The lowest BCUT2D eigenvalue weighted by molar-refractivity contribution is -0.242. The molecule has 1 aromatic rings. The maximum Gasteiger partial charge on any atom is 0.229 e. The Kier molecular flexibility index (Phi) is 5.00. The molecule has 6 N–H and O–H groups in total. The van der Waals surface area contributed by atoms with E-state index in [-0.39, 0.29) is 46.5 Å². The molecule has 2 heterocycles. The zero-order chi connectivity index (χ0) is 21.6. The molecule has 158 valence electrons. The van der Waals surface area contributed by atoms with E-state index in [1.807, 2.05) is 0 Å². The number of fused-ring (bicyclic) bond motifs is 1. The molecule has 30 heavy (non-hydrogen) atoms. The molecule has 1 aliphatic carbocycles. The van der Waals surface area contributed by atoms with Crippen molar-refractivity contribution in [1.29, 1.82) is 0 Å². The first-order valence-corrected chi connectivity index (χ1v) is 8.90. The maximum atomic E-state index is 11.7. The molecular weight excluding hydrogens is 400 g/mol. The van der Waals surface area contributed by atoms with Crippen LogP contribution in [0.15, 0.2) is 45.6 Å². The molecule has 1 fully saturated rings. The molecule has 2 aliphatic heterocycles. The Labute approximate surface area is 168 Å². The van der Waals surface area contributed by atoms with Gasteiger partial charge in [0.15, 0.2) is 28.4 Å². The first kappa shape index (κ1) is 20.0. The zero-order valence-corrected chi connectivity index (χ0v) is 15.3. The lowest BCUT2D eigenvalue weighted by Gasteiger charge is -2.35. The van der Waals surface area contributed by atoms with E-state index < -0.39 is 35.8 Å². The van der Waals surface area contributed by atoms with E-state index >= 15 is 0 Å². The highest BCUT2D eigenvalue weighted by atomic mass is 16.7. The summed E-state index contributed by atoms with van der Waals surface area (Å²) in [6.45, 7) is -0.298. The SMILES string of the molecule is O=c1cc2oc(-c3ccc(O)c(O)c3)c(OC3OCC(O)C(O)C3O)cc-2c(O)c1. The Hall–Kier alpha value is -3.31. The predicted molar refractivity (Wildman–Crippen MR) is 100 cm³/mol. The molecule has 4 atom stereocenters. The number of phenolic OH excluding ortho intramolecular Hbond substituents is 3. The molecule has 0 saturated carbocycles. The minimum absolute atomic E-state index is 0.0146. The summed E-state index contributed by atoms with van der Waals surface area (Å²) >= 11 is 0. The second-order valence-corrected chi connectivity index (χ2v) is 6.87. The van der Waals surface area contributed by atoms with Gasteiger partial charge >= 0.3 is 0 Å². The smallest absolute Gasteiger partial charge is 0.229 e. The van der Waals surface area contributed by atoms with Crippen molar-refractivity contribution in [1.82, 2.24) is 0 Å². The van der Waals surface area contributed by atoms with Gasteiger partial charge in [0, 0.05) is 17.7 Å². The molecule has 0 spiro atoms. The Morgan fingerprint density at radius 3 is 2.40 bits per heavy atom. The van der Waals surface area contributed by atoms with Gasteiger partial charge in [-0.15, -0.1) is 0 Å². The van der Waals surface area contributed by atoms with E-state index in [0.29, 0.717) is 0 Å². The molecule has 0 amide bonds. The van der Waals surface area contributed by atoms with Crippen LogP contribution in [0.2, 0.25) is 0 Å². The normalized spacial score (nSPS) is 24.1. The monoisotopic (exact) mass is 418 g/mol. The standard InChI is InChI=1S/C20H18O10/c21-9-4-12(23)10-6-16(30-20-18(27)17(26)14(25)7-28-20)19(29-15(10)5-9)8-1-2-11(22)13(24)3-8/h1-6,14,17-18,20,22-27H,7H2. The van der Waals surface area contributed by atoms with Gasteiger partial charge in [-0.3, -0.25) is 4.79 Å². The third kappa shape index (κ3) is 3.53. The summed E-state index contributed by atoms with van der Waals surface area (Å²) < 4.78 is 16.6. The number of aromatic hydroxyl groups is 3. The Morgan fingerprint density at radius 1 is 0.900 bits per heavy atom. The van der Waals surface area contributed by atoms with Crippen LogP contribution in [0, 0.1) is 0 Å². The van der Waals surface area contributed by atoms with Crippen LogP contribution in [0.3, 0.4) is 0 Å². The summed E-state index contributed by atoms with van der Waals surface area (Å²) in [6.07, 6.45) is -5.79. The van der Waals surface area contributed by atoms with E-state index in [0.717, 1.165) is 12.1 Å². The summed E-state index contributed by atoms with van der Waals surface area (Å²) in [6, 6.07) is 7.27. The number of hydrogen-bond donors (Lipinski definition) is 6. The Balaban J connectivity index is 1.85. The summed E-state index contributed by atoms with van der Waals surface area (Å²) in [4.78, 5) is 11.7. The molecular formula is C20H18O10. The van der Waals surface area contributed by atoms with Gasteiger partial charge in [0.2, 0.25) is 6.29 Å². The Morgan fingerprint density at radius 2 is 1.67 bits per heavy atom. The first-order chi connectivity index (χ1) is 14.2. The topological polar surface area (TPSA) is 170 Å². The predicted octanol–water partition coefficient (Wildman–Crippen LogP) is 0.346. The van der Waals surface area contributed by atoms with Gasteiger partial charge in [-0.25, -0.2) is 0 Å². The minimum Gasteiger partial charge on any atom is -0.507 e. The minimum atomic E-state index is -1.59. The van der Waals surface area contributed by atoms with Gasteiger partial charge in [-0.1, -0.05) is 0 Å². The van der Waals surface area contributed by atoms with E-state index in [4.69, 9.17) is 13.9 Å². The van der Waals surface area contributed by atoms with Gasteiger partial charge in [0.25, 0.3) is 0 Å². The number of aliphatic hydroxyl groups is 3. The molecule has 0 bridgehead atoms. The molecule has 4 unspecified atom stereocenters. The fourth-order valence-electron chi connectivity index (χ4n) is 3.14. The highest BCUT2D eigenvalue weighted by Gasteiger charge is 2.39. The average Bonchev–Trinajstić information content (AvgIpc) is 2.70. The second kappa shape index (κ2) is 7.50. The molecule has 10 nitrogen and oxygen atoms in total. The van der Waals surface area contributed by atoms with Crippen molar-refractivity contribution in [3.05, 3.63) is 46.6 Å². The van der Waals surface area contributed by atoms with E-state index in [1.165, 1.54) is 24.3 Å². The number of aliphatic hydroxyl groups excluding tert-OH is 3. The first-order valence-electron chi connectivity index (χ1n) is 8.90. The van der Waals surface area contributed by atoms with Gasteiger partial charge in [0.1, 0.15) is 29.8 Å². The van der Waals surface area contributed by atoms with Crippen molar-refractivity contribution in [2.24, 2.45) is 0 Å². The quantitative estimate of drug-likeness (QED) is 0.326. The molecule has 1 saturated heterocycles. The zero-order valence-electron chi connectivity index (χ0n) is 15.3. The van der Waals surface area contributed by atoms with Crippen molar-refractivity contribution < 1.29 is 44.5 Å². The maximum absolute atomic E-state index is 11.7. The number of benzene rings is 2. The molecule has 4 rings (SSSR count). The van der Waals surface area contributed by atoms with Crippen LogP contribution in [0.25, 0.3) is 22.6 Å². The van der Waals surface area contributed by atoms with Gasteiger partial charge in [-0.05, 0) is 24.3 Å². The van der Waals surface area contributed by atoms with Crippen LogP contribution in [-0.4, -0.2) is 61.8 Å². The average molecular weight is 418 g/mol. The van der Waals surface area contributed by atoms with Crippen molar-refractivity contribution in [2.75, 3.05) is 6.61 Å². The van der Waals surface area contributed by atoms with E-state index in [2.05, 4.69) is 0 Å². The summed E-state index contributed by atoms with van der Waals surface area (Å²) in [7, 11) is 0. The van der Waals surface area contributed by atoms with Crippen LogP contribution >= 0.6 is 0 Å². The lowest BCUT2D eigenvalue weighted by atomic mass is 10.0. The van der Waals surface area contributed by atoms with Gasteiger partial charge in [0.05, 0.1) is 12.2 Å². The van der Waals surface area contributed by atoms with E-state index in [1.54, 1.807) is 0 Å². The van der Waals surface area contributed by atoms with Crippen LogP contribution in [-0.2, 0) is 4.74 Å². The van der Waals surface area contributed by atoms with Gasteiger partial charge in [-0.2, -0.15) is 0 Å². The number of hydrogen-bond acceptors (Lipinski definition) is 10. The van der Waals surface area contributed by atoms with Crippen LogP contribution in [0.4, 0.5) is 0 Å². The molecule has 0 aromatic heterocycles. The van der Waals surface area contributed by atoms with Crippen molar-refractivity contribution in [3.63, 3.8) is 0 Å². The van der Waals surface area contributed by atoms with Crippen molar-refractivity contribution in [2.45, 2.75) is 24.6 Å². The molecule has 10 heteroatoms. The van der Waals surface area contributed by atoms with Crippen LogP contribution in [0.1, 0.15) is 0 Å². The van der Waals surface area contributed by atoms with E-state index in [9.17, 15) is 35.4 Å². The molecule has 0 radical (unpaired) electrons. The molecule has 3 aliphatic rings. The number of phenols is 3. The highest BCUT2D eigenvalue weighted by Crippen LogP contribution is 2.42. The largest absolute Gasteiger partial charge is 0.507 e. The summed E-state index contributed by atoms with van der Waals surface area (Å²) in [5.41, 5.74) is -0.133. The summed E-state index contributed by atoms with van der Waals surface area (Å²) in [5, 5.41) is 59.1. The van der Waals surface area contributed by atoms with Crippen LogP contribution in [0.5, 0.6) is 23.0 Å². The number of rotatable bonds is 3. The van der Waals surface area contributed by atoms with Crippen molar-refractivity contribution in [3.8, 4) is 45.6 Å². The van der Waals surface area contributed by atoms with Crippen molar-refractivity contribution >= 4 is 0 Å². The third-order valence-electron chi connectivity index (χ3n) is 4.74. The lowest BCUT2D eigenvalue weighted by Crippen LogP contribution is -2.54. The third-order valence-corrected chi connectivity index (χ3v) is 4.74. The highest BCUT2D eigenvalue weighted by molar-refractivity contribution is 5.75. The second-order valence-electron chi connectivity index (χ2n) is 6.87. The van der Waals surface area contributed by atoms with Gasteiger partial charge < -0.3 is 44.5 Å². The fraction of sp³-hybridized carbons (Fsp3) is 0.250. The fourth-order valence-corrected chi connectivity index (χ4v) is 3.14. The van der Waals surface area contributed by atoms with Crippen LogP contribution < -0.4 is 10.2 Å². The number of ether oxygens (including phenoxy) is 2. The Bertz CT molecular complexity index is 1110. The summed E-state index contributed by atoms with van der Waals surface area (Å²) in [5.74, 6) is -1.23. The molecule has 1 aromatic carbocycles.